The van der Waals surface area contributed by atoms with E-state index in [-0.39, 0.29) is 24.5 Å². The molecule has 0 spiro atoms. The number of nitrogens with zero attached hydrogens (tertiary/aromatic N) is 1. The molecule has 1 atom stereocenters. The summed E-state index contributed by atoms with van der Waals surface area (Å²) in [6.45, 7) is 2.75. The molecule has 1 unspecified atom stereocenters. The first-order valence-corrected chi connectivity index (χ1v) is 8.47. The smallest absolute Gasteiger partial charge is 0.253 e. The minimum absolute atomic E-state index is 0.0109. The fourth-order valence-electron chi connectivity index (χ4n) is 2.77. The number of carbonyl (C=O) groups is 2. The molecular weight excluding hydrogens is 332 g/mol. The van der Waals surface area contributed by atoms with Crippen LogP contribution in [0.25, 0.3) is 0 Å². The predicted molar refractivity (Wildman–Crippen MR) is 98.6 cm³/mol. The van der Waals surface area contributed by atoms with Gasteiger partial charge in [0, 0.05) is 17.8 Å². The molecule has 1 aliphatic heterocycles. The van der Waals surface area contributed by atoms with E-state index in [1.54, 1.807) is 36.3 Å². The van der Waals surface area contributed by atoms with Gasteiger partial charge in [0.15, 0.2) is 0 Å². The molecule has 0 saturated carbocycles. The third-order valence-electron chi connectivity index (χ3n) is 4.32. The Labute approximate surface area is 152 Å². The highest BCUT2D eigenvalue weighted by atomic mass is 16.5. The van der Waals surface area contributed by atoms with Crippen molar-refractivity contribution < 1.29 is 19.1 Å². The van der Waals surface area contributed by atoms with Crippen molar-refractivity contribution in [2.45, 2.75) is 13.0 Å². The molecule has 1 fully saturated rings. The highest BCUT2D eigenvalue weighted by Crippen LogP contribution is 2.19. The Hall–Kier alpha value is -2.86. The van der Waals surface area contributed by atoms with Gasteiger partial charge >= 0.3 is 0 Å². The number of benzene rings is 2. The van der Waals surface area contributed by atoms with Crippen LogP contribution in [-0.2, 0) is 9.53 Å². The molecular formula is C20H22N2O4. The highest BCUT2D eigenvalue weighted by Gasteiger charge is 2.27. The average Bonchev–Trinajstić information content (AvgIpc) is 2.68. The topological polar surface area (TPSA) is 67.9 Å². The molecule has 2 amide bonds. The summed E-state index contributed by atoms with van der Waals surface area (Å²) >= 11 is 0. The second-order valence-electron chi connectivity index (χ2n) is 6.21. The summed E-state index contributed by atoms with van der Waals surface area (Å²) in [6.07, 6.45) is -0.254. The highest BCUT2D eigenvalue weighted by molar-refractivity contribution is 5.95. The van der Waals surface area contributed by atoms with Crippen LogP contribution in [0.3, 0.4) is 0 Å². The molecule has 1 aliphatic rings. The van der Waals surface area contributed by atoms with E-state index in [2.05, 4.69) is 5.32 Å². The van der Waals surface area contributed by atoms with Gasteiger partial charge in [-0.1, -0.05) is 17.7 Å². The van der Waals surface area contributed by atoms with E-state index in [1.165, 1.54) is 0 Å². The van der Waals surface area contributed by atoms with Crippen LogP contribution in [0.15, 0.2) is 48.5 Å². The minimum Gasteiger partial charge on any atom is -0.497 e. The van der Waals surface area contributed by atoms with Crippen molar-refractivity contribution >= 4 is 17.5 Å². The van der Waals surface area contributed by atoms with Gasteiger partial charge in [-0.25, -0.2) is 0 Å². The number of methoxy groups -OCH3 is 1. The summed E-state index contributed by atoms with van der Waals surface area (Å²) < 4.78 is 10.6. The van der Waals surface area contributed by atoms with Crippen LogP contribution in [0.1, 0.15) is 15.9 Å². The van der Waals surface area contributed by atoms with Gasteiger partial charge in [-0.05, 0) is 43.3 Å². The van der Waals surface area contributed by atoms with Crippen LogP contribution >= 0.6 is 0 Å². The molecule has 6 nitrogen and oxygen atoms in total. The molecule has 1 heterocycles. The van der Waals surface area contributed by atoms with Crippen LogP contribution in [0.2, 0.25) is 0 Å². The Kier molecular flexibility index (Phi) is 5.53. The normalized spacial score (nSPS) is 17.1. The molecule has 136 valence electrons. The van der Waals surface area contributed by atoms with Crippen molar-refractivity contribution in [3.63, 3.8) is 0 Å². The van der Waals surface area contributed by atoms with Gasteiger partial charge < -0.3 is 19.7 Å². The standard InChI is InChI=1S/C20H22N2O4/c1-14-3-7-16(8-4-14)22-12-18(26-13-19(22)23)11-21-20(24)15-5-9-17(25-2)10-6-15/h3-10,18H,11-13H2,1-2H3,(H,21,24). The number of carbonyl (C=O) groups excluding carboxylic acids is 2. The largest absolute Gasteiger partial charge is 0.497 e. The number of amides is 2. The van der Waals surface area contributed by atoms with Gasteiger partial charge in [-0.3, -0.25) is 9.59 Å². The fourth-order valence-corrected chi connectivity index (χ4v) is 2.77. The van der Waals surface area contributed by atoms with Gasteiger partial charge in [-0.2, -0.15) is 0 Å². The number of hydrogen-bond donors (Lipinski definition) is 1. The fraction of sp³-hybridized carbons (Fsp3) is 0.300. The van der Waals surface area contributed by atoms with Crippen LogP contribution in [-0.4, -0.2) is 44.7 Å². The van der Waals surface area contributed by atoms with Crippen LogP contribution < -0.4 is 15.0 Å². The molecule has 1 N–H and O–H groups in total. The number of hydrogen-bond acceptors (Lipinski definition) is 4. The maximum absolute atomic E-state index is 12.3. The van der Waals surface area contributed by atoms with Gasteiger partial charge in [0.05, 0.1) is 19.8 Å². The monoisotopic (exact) mass is 354 g/mol. The SMILES string of the molecule is COc1ccc(C(=O)NCC2CN(c3ccc(C)cc3)C(=O)CO2)cc1. The molecule has 6 heteroatoms. The van der Waals surface area contributed by atoms with Crippen LogP contribution in [0.4, 0.5) is 5.69 Å². The molecule has 0 radical (unpaired) electrons. The average molecular weight is 354 g/mol. The lowest BCUT2D eigenvalue weighted by atomic mass is 10.1. The number of aryl methyl sites for hydroxylation is 1. The first-order chi connectivity index (χ1) is 12.6. The van der Waals surface area contributed by atoms with E-state index in [0.29, 0.717) is 24.4 Å². The van der Waals surface area contributed by atoms with Crippen molar-refractivity contribution in [2.24, 2.45) is 0 Å². The second-order valence-corrected chi connectivity index (χ2v) is 6.21. The summed E-state index contributed by atoms with van der Waals surface area (Å²) in [6, 6.07) is 14.7. The minimum atomic E-state index is -0.254. The molecule has 2 aromatic rings. The van der Waals surface area contributed by atoms with Gasteiger partial charge in [0.25, 0.3) is 11.8 Å². The van der Waals surface area contributed by atoms with E-state index < -0.39 is 0 Å². The number of ether oxygens (including phenoxy) is 2. The zero-order valence-corrected chi connectivity index (χ0v) is 14.9. The lowest BCUT2D eigenvalue weighted by molar-refractivity contribution is -0.129. The summed E-state index contributed by atoms with van der Waals surface area (Å²) in [5.41, 5.74) is 2.53. The summed E-state index contributed by atoms with van der Waals surface area (Å²) in [7, 11) is 1.58. The zero-order valence-electron chi connectivity index (χ0n) is 14.9. The van der Waals surface area contributed by atoms with Gasteiger partial charge in [-0.15, -0.1) is 0 Å². The molecule has 0 bridgehead atoms. The number of anilines is 1. The Bertz CT molecular complexity index is 771. The Morgan fingerprint density at radius 1 is 1.19 bits per heavy atom. The van der Waals surface area contributed by atoms with E-state index in [1.807, 2.05) is 31.2 Å². The van der Waals surface area contributed by atoms with Gasteiger partial charge in [0.1, 0.15) is 12.4 Å². The van der Waals surface area contributed by atoms with Crippen LogP contribution in [0, 0.1) is 6.92 Å². The lowest BCUT2D eigenvalue weighted by Gasteiger charge is -2.33. The van der Waals surface area contributed by atoms with E-state index in [4.69, 9.17) is 9.47 Å². The number of morpholine rings is 1. The second kappa shape index (κ2) is 8.01. The lowest BCUT2D eigenvalue weighted by Crippen LogP contribution is -2.50. The summed E-state index contributed by atoms with van der Waals surface area (Å²) in [4.78, 5) is 26.1. The molecule has 0 aliphatic carbocycles. The Balaban J connectivity index is 1.58. The third kappa shape index (κ3) is 4.21. The number of nitrogens with one attached hydrogen (secondary N) is 1. The first kappa shape index (κ1) is 17.9. The van der Waals surface area contributed by atoms with Crippen molar-refractivity contribution in [1.29, 1.82) is 0 Å². The van der Waals surface area contributed by atoms with Crippen molar-refractivity contribution in [1.82, 2.24) is 5.32 Å². The zero-order chi connectivity index (χ0) is 18.5. The quantitative estimate of drug-likeness (QED) is 0.894. The van der Waals surface area contributed by atoms with Gasteiger partial charge in [0.2, 0.25) is 0 Å². The summed E-state index contributed by atoms with van der Waals surface area (Å²) in [5, 5.41) is 2.86. The third-order valence-corrected chi connectivity index (χ3v) is 4.32. The molecule has 2 aromatic carbocycles. The maximum Gasteiger partial charge on any atom is 0.253 e. The predicted octanol–water partition coefficient (Wildman–Crippen LogP) is 2.17. The Morgan fingerprint density at radius 2 is 1.88 bits per heavy atom. The van der Waals surface area contributed by atoms with E-state index >= 15 is 0 Å². The van der Waals surface area contributed by atoms with Crippen molar-refractivity contribution in [3.05, 3.63) is 59.7 Å². The molecule has 26 heavy (non-hydrogen) atoms. The Morgan fingerprint density at radius 3 is 2.54 bits per heavy atom. The van der Waals surface area contributed by atoms with Crippen molar-refractivity contribution in [3.8, 4) is 5.75 Å². The van der Waals surface area contributed by atoms with Crippen molar-refractivity contribution in [2.75, 3.05) is 31.7 Å². The maximum atomic E-state index is 12.3. The van der Waals surface area contributed by atoms with Crippen LogP contribution in [0.5, 0.6) is 5.75 Å². The van der Waals surface area contributed by atoms with E-state index in [9.17, 15) is 9.59 Å². The number of rotatable bonds is 5. The first-order valence-electron chi connectivity index (χ1n) is 8.47. The van der Waals surface area contributed by atoms with E-state index in [0.717, 1.165) is 11.3 Å². The molecule has 0 aromatic heterocycles. The molecule has 3 rings (SSSR count). The summed E-state index contributed by atoms with van der Waals surface area (Å²) in [5.74, 6) is 0.436. The molecule has 1 saturated heterocycles.